The number of carbonyl (C=O) groups excluding carboxylic acids is 4. The highest BCUT2D eigenvalue weighted by Crippen LogP contribution is 2.45. The lowest BCUT2D eigenvalue weighted by Gasteiger charge is -2.21. The summed E-state index contributed by atoms with van der Waals surface area (Å²) in [5, 5.41) is 10.6. The molecule has 7 atom stereocenters. The van der Waals surface area contributed by atoms with Crippen molar-refractivity contribution < 1.29 is 80.2 Å². The molecule has 0 heterocycles. The molecule has 504 valence electrons. The minimum atomic E-state index is -4.95. The second kappa shape index (κ2) is 56.1. The summed E-state index contributed by atoms with van der Waals surface area (Å²) in [6, 6.07) is 0. The van der Waals surface area contributed by atoms with Crippen LogP contribution in [0.3, 0.4) is 0 Å². The summed E-state index contributed by atoms with van der Waals surface area (Å²) < 4.78 is 68.1. The summed E-state index contributed by atoms with van der Waals surface area (Å²) in [7, 11) is -9.89. The van der Waals surface area contributed by atoms with Gasteiger partial charge in [0.05, 0.1) is 26.4 Å². The van der Waals surface area contributed by atoms with Crippen molar-refractivity contribution >= 4 is 39.5 Å². The van der Waals surface area contributed by atoms with E-state index in [4.69, 9.17) is 37.0 Å². The first-order chi connectivity index (χ1) is 40.7. The maximum absolute atomic E-state index is 13.0. The van der Waals surface area contributed by atoms with E-state index < -0.39 is 97.5 Å². The van der Waals surface area contributed by atoms with Crippen molar-refractivity contribution in [3.8, 4) is 0 Å². The minimum Gasteiger partial charge on any atom is -0.462 e. The van der Waals surface area contributed by atoms with E-state index in [1.807, 2.05) is 0 Å². The van der Waals surface area contributed by atoms with E-state index in [1.54, 1.807) is 0 Å². The van der Waals surface area contributed by atoms with Gasteiger partial charge in [0, 0.05) is 25.7 Å². The van der Waals surface area contributed by atoms with Gasteiger partial charge in [-0.3, -0.25) is 37.3 Å². The maximum Gasteiger partial charge on any atom is 0.472 e. The summed E-state index contributed by atoms with van der Waals surface area (Å²) in [5.74, 6) is 0.807. The number of phosphoric ester groups is 2. The van der Waals surface area contributed by atoms with E-state index in [2.05, 4.69) is 55.4 Å². The number of hydrogen-bond donors (Lipinski definition) is 3. The molecule has 0 aromatic heterocycles. The Kier molecular flexibility index (Phi) is 54.8. The van der Waals surface area contributed by atoms with Gasteiger partial charge >= 0.3 is 39.5 Å². The highest BCUT2D eigenvalue weighted by molar-refractivity contribution is 7.47. The van der Waals surface area contributed by atoms with Crippen LogP contribution >= 0.6 is 15.6 Å². The third-order valence-corrected chi connectivity index (χ3v) is 17.7. The predicted molar refractivity (Wildman–Crippen MR) is 340 cm³/mol. The predicted octanol–water partition coefficient (Wildman–Crippen LogP) is 18.1. The van der Waals surface area contributed by atoms with Crippen LogP contribution in [0.5, 0.6) is 0 Å². The van der Waals surface area contributed by atoms with E-state index in [0.29, 0.717) is 25.7 Å². The van der Waals surface area contributed by atoms with Gasteiger partial charge in [-0.2, -0.15) is 0 Å². The Hall–Kier alpha value is -1.94. The van der Waals surface area contributed by atoms with Crippen LogP contribution in [0, 0.1) is 23.7 Å². The SMILES string of the molecule is CCC(C)CCCCCCCCC(=O)OC[C@H](COP(=O)(O)OC[C@H](O)COP(=O)(O)OC[C@@H](COC(=O)CCCCCCCCCCCCC(C)C)OC(=O)CCCCCCCCCCCC(C)C)OC(=O)CCCCCCCCC(C)CC. The number of esters is 4. The van der Waals surface area contributed by atoms with E-state index in [0.717, 1.165) is 120 Å². The summed E-state index contributed by atoms with van der Waals surface area (Å²) in [6.45, 7) is 14.0. The fraction of sp³-hybridized carbons (Fsp3) is 0.939. The molecule has 85 heavy (non-hydrogen) atoms. The smallest absolute Gasteiger partial charge is 0.462 e. The van der Waals surface area contributed by atoms with Gasteiger partial charge in [-0.1, -0.05) is 267 Å². The van der Waals surface area contributed by atoms with Crippen LogP contribution < -0.4 is 0 Å². The number of rotatable bonds is 63. The minimum absolute atomic E-state index is 0.101. The van der Waals surface area contributed by atoms with Crippen molar-refractivity contribution in [2.75, 3.05) is 39.6 Å². The van der Waals surface area contributed by atoms with Crippen LogP contribution in [0.1, 0.15) is 319 Å². The molecule has 0 aliphatic carbocycles. The molecule has 3 N–H and O–H groups in total. The fourth-order valence-electron chi connectivity index (χ4n) is 9.72. The summed E-state index contributed by atoms with van der Waals surface area (Å²) >= 11 is 0. The Bertz CT molecular complexity index is 1700. The van der Waals surface area contributed by atoms with Crippen LogP contribution in [-0.4, -0.2) is 96.7 Å². The van der Waals surface area contributed by atoms with Crippen molar-refractivity contribution in [2.24, 2.45) is 23.7 Å². The first-order valence-corrected chi connectivity index (χ1v) is 37.3. The number of ether oxygens (including phenoxy) is 4. The zero-order valence-electron chi connectivity index (χ0n) is 55.2. The highest BCUT2D eigenvalue weighted by Gasteiger charge is 2.30. The van der Waals surface area contributed by atoms with E-state index in [1.165, 1.54) is 116 Å². The number of hydrogen-bond acceptors (Lipinski definition) is 15. The normalized spacial score (nSPS) is 15.0. The van der Waals surface area contributed by atoms with Crippen LogP contribution in [0.15, 0.2) is 0 Å². The molecule has 0 fully saturated rings. The standard InChI is InChI=1S/C66H128O17P2/c1-9-58(7)44-36-28-22-24-31-39-47-64(69)77-53-62(83-66(71)49-41-33-25-23-29-37-45-59(8)10-2)55-81-85(74,75)79-51-60(67)50-78-84(72,73)80-54-61(82-65(70)48-40-32-21-17-13-15-19-27-35-43-57(5)6)52-76-63(68)46-38-30-20-16-12-11-14-18-26-34-42-56(3)4/h56-62,67H,9-55H2,1-8H3,(H,72,73)(H,74,75)/t58?,59?,60-,61-,62-/m1/s1. The van der Waals surface area contributed by atoms with Gasteiger partial charge in [0.15, 0.2) is 12.2 Å². The molecule has 0 aromatic rings. The average molecular weight is 1260 g/mol. The molecule has 4 unspecified atom stereocenters. The first kappa shape index (κ1) is 83.1. The molecule has 19 heteroatoms. The second-order valence-corrected chi connectivity index (χ2v) is 28.2. The third-order valence-electron chi connectivity index (χ3n) is 15.8. The molecule has 0 bridgehead atoms. The zero-order chi connectivity index (χ0) is 63.2. The molecule has 0 aliphatic rings. The largest absolute Gasteiger partial charge is 0.472 e. The number of carbonyl (C=O) groups is 4. The van der Waals surface area contributed by atoms with Crippen LogP contribution in [0.25, 0.3) is 0 Å². The van der Waals surface area contributed by atoms with Gasteiger partial charge < -0.3 is 33.8 Å². The molecular formula is C66H128O17P2. The number of unbranched alkanes of at least 4 members (excludes halogenated alkanes) is 27. The van der Waals surface area contributed by atoms with Crippen molar-refractivity contribution in [2.45, 2.75) is 337 Å². The molecule has 0 rings (SSSR count). The Morgan fingerprint density at radius 3 is 0.835 bits per heavy atom. The molecule has 0 spiro atoms. The Morgan fingerprint density at radius 2 is 0.565 bits per heavy atom. The molecule has 0 aromatic carbocycles. The highest BCUT2D eigenvalue weighted by atomic mass is 31.2. The van der Waals surface area contributed by atoms with Gasteiger partial charge in [0.1, 0.15) is 19.3 Å². The van der Waals surface area contributed by atoms with E-state index in [9.17, 15) is 43.2 Å². The Morgan fingerprint density at radius 1 is 0.329 bits per heavy atom. The molecule has 0 saturated heterocycles. The lowest BCUT2D eigenvalue weighted by Crippen LogP contribution is -2.30. The summed E-state index contributed by atoms with van der Waals surface area (Å²) in [5.41, 5.74) is 0. The van der Waals surface area contributed by atoms with E-state index >= 15 is 0 Å². The van der Waals surface area contributed by atoms with Crippen molar-refractivity contribution in [3.05, 3.63) is 0 Å². The van der Waals surface area contributed by atoms with Crippen LogP contribution in [0.2, 0.25) is 0 Å². The van der Waals surface area contributed by atoms with Crippen molar-refractivity contribution in [1.82, 2.24) is 0 Å². The molecule has 0 amide bonds. The quantitative estimate of drug-likeness (QED) is 0.0222. The van der Waals surface area contributed by atoms with Gasteiger partial charge in [-0.05, 0) is 49.4 Å². The van der Waals surface area contributed by atoms with Crippen molar-refractivity contribution in [1.29, 1.82) is 0 Å². The van der Waals surface area contributed by atoms with Gasteiger partial charge in [-0.15, -0.1) is 0 Å². The van der Waals surface area contributed by atoms with E-state index in [-0.39, 0.29) is 25.7 Å². The number of aliphatic hydroxyl groups is 1. The third kappa shape index (κ3) is 58.2. The average Bonchev–Trinajstić information content (AvgIpc) is 3.53. The molecular weight excluding hydrogens is 1130 g/mol. The van der Waals surface area contributed by atoms with Gasteiger partial charge in [-0.25, -0.2) is 9.13 Å². The number of aliphatic hydroxyl groups excluding tert-OH is 1. The Labute approximate surface area is 517 Å². The van der Waals surface area contributed by atoms with Crippen LogP contribution in [0.4, 0.5) is 0 Å². The number of phosphoric acid groups is 2. The van der Waals surface area contributed by atoms with Gasteiger partial charge in [0.25, 0.3) is 0 Å². The molecule has 0 radical (unpaired) electrons. The second-order valence-electron chi connectivity index (χ2n) is 25.3. The topological polar surface area (TPSA) is 237 Å². The fourth-order valence-corrected chi connectivity index (χ4v) is 11.3. The van der Waals surface area contributed by atoms with Crippen molar-refractivity contribution in [3.63, 3.8) is 0 Å². The summed E-state index contributed by atoms with van der Waals surface area (Å²) in [4.78, 5) is 72.3. The summed E-state index contributed by atoms with van der Waals surface area (Å²) in [6.07, 6.45) is 36.3. The first-order valence-electron chi connectivity index (χ1n) is 34.3. The van der Waals surface area contributed by atoms with Gasteiger partial charge in [0.2, 0.25) is 0 Å². The maximum atomic E-state index is 13.0. The molecule has 17 nitrogen and oxygen atoms in total. The molecule has 0 saturated carbocycles. The lowest BCUT2D eigenvalue weighted by molar-refractivity contribution is -0.161. The van der Waals surface area contributed by atoms with Crippen LogP contribution in [-0.2, 0) is 65.4 Å². The zero-order valence-corrected chi connectivity index (χ0v) is 57.0. The lowest BCUT2D eigenvalue weighted by atomic mass is 10.00. The Balaban J connectivity index is 5.26. The molecule has 0 aliphatic heterocycles. The monoisotopic (exact) mass is 1250 g/mol.